The molecular formula is C16H24N2O. The van der Waals surface area contributed by atoms with Gasteiger partial charge in [0, 0.05) is 17.7 Å². The van der Waals surface area contributed by atoms with Crippen molar-refractivity contribution in [3.8, 4) is 0 Å². The fourth-order valence-corrected chi connectivity index (χ4v) is 5.49. The lowest BCUT2D eigenvalue weighted by Gasteiger charge is -2.59. The molecule has 4 rings (SSSR count). The molecule has 2 aliphatic heterocycles. The first-order valence-corrected chi connectivity index (χ1v) is 7.96. The molecule has 1 amide bonds. The van der Waals surface area contributed by atoms with Gasteiger partial charge in [0.2, 0.25) is 5.91 Å². The van der Waals surface area contributed by atoms with Crippen LogP contribution in [0.4, 0.5) is 0 Å². The second kappa shape index (κ2) is 4.08. The van der Waals surface area contributed by atoms with E-state index in [9.17, 15) is 4.79 Å². The topological polar surface area (TPSA) is 41.1 Å². The molecule has 1 saturated heterocycles. The predicted octanol–water partition coefficient (Wildman–Crippen LogP) is 2.34. The Morgan fingerprint density at radius 3 is 3.11 bits per heavy atom. The molecule has 0 aromatic heterocycles. The Balaban J connectivity index is 1.81. The molecule has 3 nitrogen and oxygen atoms in total. The first-order chi connectivity index (χ1) is 9.19. The van der Waals surface area contributed by atoms with Gasteiger partial charge in [-0.1, -0.05) is 6.92 Å². The lowest BCUT2D eigenvalue weighted by molar-refractivity contribution is -0.121. The van der Waals surface area contributed by atoms with Crippen molar-refractivity contribution in [3.63, 3.8) is 0 Å². The number of hydrogen-bond donors (Lipinski definition) is 2. The summed E-state index contributed by atoms with van der Waals surface area (Å²) >= 11 is 0. The molecule has 0 spiro atoms. The minimum Gasteiger partial charge on any atom is -0.330 e. The smallest absolute Gasteiger partial charge is 0.224 e. The Morgan fingerprint density at radius 1 is 1.32 bits per heavy atom. The maximum absolute atomic E-state index is 11.7. The van der Waals surface area contributed by atoms with Gasteiger partial charge in [-0.2, -0.15) is 0 Å². The van der Waals surface area contributed by atoms with Crippen molar-refractivity contribution >= 4 is 5.91 Å². The third-order valence-corrected chi connectivity index (χ3v) is 5.97. The van der Waals surface area contributed by atoms with Crippen molar-refractivity contribution < 1.29 is 4.79 Å². The molecule has 19 heavy (non-hydrogen) atoms. The van der Waals surface area contributed by atoms with E-state index in [1.165, 1.54) is 31.4 Å². The van der Waals surface area contributed by atoms with Crippen LogP contribution in [-0.2, 0) is 4.79 Å². The zero-order valence-corrected chi connectivity index (χ0v) is 11.8. The van der Waals surface area contributed by atoms with E-state index in [0.29, 0.717) is 6.42 Å². The van der Waals surface area contributed by atoms with Gasteiger partial charge in [0.1, 0.15) is 0 Å². The highest BCUT2D eigenvalue weighted by atomic mass is 16.1. The molecule has 0 unspecified atom stereocenters. The van der Waals surface area contributed by atoms with Gasteiger partial charge in [-0.05, 0) is 68.4 Å². The van der Waals surface area contributed by atoms with Crippen LogP contribution < -0.4 is 10.6 Å². The number of piperidine rings is 1. The van der Waals surface area contributed by atoms with E-state index in [1.54, 1.807) is 5.57 Å². The molecule has 104 valence electrons. The van der Waals surface area contributed by atoms with E-state index in [4.69, 9.17) is 0 Å². The summed E-state index contributed by atoms with van der Waals surface area (Å²) in [7, 11) is 0. The minimum atomic E-state index is 0.232. The van der Waals surface area contributed by atoms with Crippen molar-refractivity contribution in [2.24, 2.45) is 17.8 Å². The van der Waals surface area contributed by atoms with Crippen LogP contribution in [0.5, 0.6) is 0 Å². The molecule has 2 N–H and O–H groups in total. The standard InChI is InChI=1S/C16H24N2O/c1-10-7-11-8-14-13(4-5-15(19)18-14)16(9-10)12(11)3-2-6-17-16/h10-12,17H,2-9H2,1H3,(H,18,19)/t10-,11+,12-,16-/m0/s1. The zero-order valence-electron chi connectivity index (χ0n) is 11.8. The van der Waals surface area contributed by atoms with Crippen molar-refractivity contribution in [3.05, 3.63) is 11.3 Å². The van der Waals surface area contributed by atoms with Gasteiger partial charge < -0.3 is 10.6 Å². The second-order valence-corrected chi connectivity index (χ2v) is 7.16. The van der Waals surface area contributed by atoms with Gasteiger partial charge in [-0.15, -0.1) is 0 Å². The number of nitrogens with one attached hydrogen (secondary N) is 2. The third kappa shape index (κ3) is 1.63. The molecule has 3 heteroatoms. The quantitative estimate of drug-likeness (QED) is 0.702. The molecule has 0 aromatic rings. The Morgan fingerprint density at radius 2 is 2.21 bits per heavy atom. The summed E-state index contributed by atoms with van der Waals surface area (Å²) in [6, 6.07) is 0. The van der Waals surface area contributed by atoms with Gasteiger partial charge in [0.15, 0.2) is 0 Å². The summed E-state index contributed by atoms with van der Waals surface area (Å²) in [5.74, 6) is 2.66. The van der Waals surface area contributed by atoms with Gasteiger partial charge in [0.25, 0.3) is 0 Å². The van der Waals surface area contributed by atoms with Crippen LogP contribution >= 0.6 is 0 Å². The molecule has 2 aliphatic carbocycles. The number of rotatable bonds is 0. The molecule has 2 bridgehead atoms. The Kier molecular flexibility index (Phi) is 2.57. The molecule has 0 radical (unpaired) electrons. The average molecular weight is 260 g/mol. The maximum Gasteiger partial charge on any atom is 0.224 e. The highest BCUT2D eigenvalue weighted by molar-refractivity contribution is 5.80. The second-order valence-electron chi connectivity index (χ2n) is 7.16. The Labute approximate surface area is 115 Å². The molecular weight excluding hydrogens is 236 g/mol. The zero-order chi connectivity index (χ0) is 13.0. The molecule has 0 aromatic carbocycles. The van der Waals surface area contributed by atoms with E-state index in [-0.39, 0.29) is 11.4 Å². The summed E-state index contributed by atoms with van der Waals surface area (Å²) in [5.41, 5.74) is 3.10. The normalized spacial score (nSPS) is 45.3. The van der Waals surface area contributed by atoms with E-state index in [2.05, 4.69) is 17.6 Å². The van der Waals surface area contributed by atoms with Crippen LogP contribution in [0.15, 0.2) is 11.3 Å². The third-order valence-electron chi connectivity index (χ3n) is 5.97. The highest BCUT2D eigenvalue weighted by Gasteiger charge is 2.54. The first-order valence-electron chi connectivity index (χ1n) is 7.96. The molecule has 1 saturated carbocycles. The number of carbonyl (C=O) groups excluding carboxylic acids is 1. The SMILES string of the molecule is C[C@H]1C[C@@H]2CC3=C(CCC(=O)N3)[C@@]3(C1)NCCC[C@@H]23. The average Bonchev–Trinajstić information content (AvgIpc) is 2.37. The fourth-order valence-electron chi connectivity index (χ4n) is 5.49. The monoisotopic (exact) mass is 260 g/mol. The van der Waals surface area contributed by atoms with Crippen molar-refractivity contribution in [1.29, 1.82) is 0 Å². The van der Waals surface area contributed by atoms with Crippen molar-refractivity contribution in [1.82, 2.24) is 10.6 Å². The van der Waals surface area contributed by atoms with Gasteiger partial charge >= 0.3 is 0 Å². The lowest BCUT2D eigenvalue weighted by atomic mass is 9.53. The van der Waals surface area contributed by atoms with E-state index in [1.807, 2.05) is 0 Å². The summed E-state index contributed by atoms with van der Waals surface area (Å²) in [6.45, 7) is 3.56. The van der Waals surface area contributed by atoms with Crippen LogP contribution in [0.3, 0.4) is 0 Å². The number of carbonyl (C=O) groups is 1. The summed E-state index contributed by atoms with van der Waals surface area (Å²) in [5, 5.41) is 7.09. The molecule has 4 atom stereocenters. The van der Waals surface area contributed by atoms with Crippen molar-refractivity contribution in [2.75, 3.05) is 6.54 Å². The van der Waals surface area contributed by atoms with Crippen LogP contribution in [-0.4, -0.2) is 18.0 Å². The van der Waals surface area contributed by atoms with E-state index in [0.717, 1.165) is 37.1 Å². The van der Waals surface area contributed by atoms with Crippen LogP contribution in [0, 0.1) is 17.8 Å². The number of amides is 1. The largest absolute Gasteiger partial charge is 0.330 e. The summed E-state index contributed by atoms with van der Waals surface area (Å²) in [4.78, 5) is 11.7. The van der Waals surface area contributed by atoms with Gasteiger partial charge in [-0.3, -0.25) is 4.79 Å². The highest BCUT2D eigenvalue weighted by Crippen LogP contribution is 2.55. The molecule has 2 fully saturated rings. The van der Waals surface area contributed by atoms with E-state index >= 15 is 0 Å². The van der Waals surface area contributed by atoms with Gasteiger partial charge in [0.05, 0.1) is 0 Å². The summed E-state index contributed by atoms with van der Waals surface area (Å²) in [6.07, 6.45) is 8.14. The lowest BCUT2D eigenvalue weighted by Crippen LogP contribution is -2.64. The molecule has 2 heterocycles. The van der Waals surface area contributed by atoms with Crippen LogP contribution in [0.1, 0.15) is 51.9 Å². The maximum atomic E-state index is 11.7. The minimum absolute atomic E-state index is 0.232. The summed E-state index contributed by atoms with van der Waals surface area (Å²) < 4.78 is 0. The van der Waals surface area contributed by atoms with Gasteiger partial charge in [-0.25, -0.2) is 0 Å². The molecule has 4 aliphatic rings. The fraction of sp³-hybridized carbons (Fsp3) is 0.812. The van der Waals surface area contributed by atoms with Crippen LogP contribution in [0.2, 0.25) is 0 Å². The Bertz CT molecular complexity index is 456. The predicted molar refractivity (Wildman–Crippen MR) is 74.4 cm³/mol. The van der Waals surface area contributed by atoms with Crippen molar-refractivity contribution in [2.45, 2.75) is 57.4 Å². The Hall–Kier alpha value is -0.830. The first kappa shape index (κ1) is 12.0. The number of hydrogen-bond acceptors (Lipinski definition) is 2. The van der Waals surface area contributed by atoms with Crippen LogP contribution in [0.25, 0.3) is 0 Å². The number of allylic oxidation sites excluding steroid dienone is 1. The van der Waals surface area contributed by atoms with E-state index < -0.39 is 0 Å².